The molecule has 1 aromatic carbocycles. The molecule has 108 valence electrons. The quantitative estimate of drug-likeness (QED) is 0.823. The molecule has 0 bridgehead atoms. The molecule has 0 saturated carbocycles. The van der Waals surface area contributed by atoms with Gasteiger partial charge in [0.25, 0.3) is 0 Å². The highest BCUT2D eigenvalue weighted by Crippen LogP contribution is 2.21. The van der Waals surface area contributed by atoms with Gasteiger partial charge in [0.05, 0.1) is 13.2 Å². The first-order chi connectivity index (χ1) is 8.99. The Bertz CT molecular complexity index is 390. The molecule has 3 heteroatoms. The first-order valence-corrected chi connectivity index (χ1v) is 7.03. The number of hydrogen-bond donors (Lipinski definition) is 1. The first kappa shape index (κ1) is 16.0. The second-order valence-corrected chi connectivity index (χ2v) is 5.44. The minimum atomic E-state index is 0.199. The third kappa shape index (κ3) is 4.51. The van der Waals surface area contributed by atoms with Gasteiger partial charge >= 0.3 is 0 Å². The van der Waals surface area contributed by atoms with Gasteiger partial charge in [-0.3, -0.25) is 4.90 Å². The highest BCUT2D eigenvalue weighted by molar-refractivity contribution is 5.36. The van der Waals surface area contributed by atoms with Crippen molar-refractivity contribution in [2.75, 3.05) is 20.3 Å². The van der Waals surface area contributed by atoms with Gasteiger partial charge in [-0.2, -0.15) is 0 Å². The molecule has 1 N–H and O–H groups in total. The van der Waals surface area contributed by atoms with Crippen LogP contribution in [0.4, 0.5) is 0 Å². The summed E-state index contributed by atoms with van der Waals surface area (Å²) in [6.07, 6.45) is 0. The fourth-order valence-corrected chi connectivity index (χ4v) is 2.39. The van der Waals surface area contributed by atoms with E-state index in [1.807, 2.05) is 13.0 Å². The molecule has 0 spiro atoms. The second kappa shape index (κ2) is 7.51. The summed E-state index contributed by atoms with van der Waals surface area (Å²) < 4.78 is 5.55. The fourth-order valence-electron chi connectivity index (χ4n) is 2.39. The third-order valence-corrected chi connectivity index (χ3v) is 3.49. The molecule has 0 aliphatic rings. The lowest BCUT2D eigenvalue weighted by Gasteiger charge is -2.29. The molecule has 0 radical (unpaired) electrons. The minimum Gasteiger partial charge on any atom is -0.494 e. The van der Waals surface area contributed by atoms with Gasteiger partial charge < -0.3 is 9.84 Å². The Labute approximate surface area is 117 Å². The zero-order chi connectivity index (χ0) is 14.4. The predicted octanol–water partition coefficient (Wildman–Crippen LogP) is 2.84. The normalized spacial score (nSPS) is 13.1. The maximum atomic E-state index is 9.45. The fraction of sp³-hybridized carbons (Fsp3) is 0.625. The number of aliphatic hydroxyl groups excluding tert-OH is 1. The van der Waals surface area contributed by atoms with Gasteiger partial charge in [0, 0.05) is 12.6 Å². The predicted molar refractivity (Wildman–Crippen MR) is 79.5 cm³/mol. The van der Waals surface area contributed by atoms with Crippen molar-refractivity contribution in [3.8, 4) is 5.75 Å². The molecule has 0 saturated heterocycles. The molecule has 1 atom stereocenters. The van der Waals surface area contributed by atoms with Crippen LogP contribution in [0.15, 0.2) is 18.2 Å². The summed E-state index contributed by atoms with van der Waals surface area (Å²) in [5.74, 6) is 1.40. The molecule has 0 heterocycles. The number of aliphatic hydroxyl groups is 1. The summed E-state index contributed by atoms with van der Waals surface area (Å²) in [6.45, 7) is 10.1. The molecule has 1 aromatic rings. The van der Waals surface area contributed by atoms with Crippen molar-refractivity contribution in [3.05, 3.63) is 29.3 Å². The van der Waals surface area contributed by atoms with E-state index in [0.717, 1.165) is 17.9 Å². The lowest BCUT2D eigenvalue weighted by molar-refractivity contribution is 0.108. The van der Waals surface area contributed by atoms with E-state index < -0.39 is 0 Å². The molecule has 1 unspecified atom stereocenters. The zero-order valence-corrected chi connectivity index (χ0v) is 12.8. The van der Waals surface area contributed by atoms with Crippen LogP contribution in [0.25, 0.3) is 0 Å². The second-order valence-electron chi connectivity index (χ2n) is 5.44. The number of ether oxygens (including phenoxy) is 1. The largest absolute Gasteiger partial charge is 0.494 e. The SMILES string of the molecule is CCOc1ccc(CN(C)C(CO)C(C)C)cc1C. The maximum Gasteiger partial charge on any atom is 0.122 e. The highest BCUT2D eigenvalue weighted by atomic mass is 16.5. The van der Waals surface area contributed by atoms with E-state index in [9.17, 15) is 5.11 Å². The number of rotatable bonds is 7. The van der Waals surface area contributed by atoms with Crippen LogP contribution in [-0.2, 0) is 6.54 Å². The van der Waals surface area contributed by atoms with Crippen LogP contribution < -0.4 is 4.74 Å². The number of benzene rings is 1. The monoisotopic (exact) mass is 265 g/mol. The minimum absolute atomic E-state index is 0.199. The van der Waals surface area contributed by atoms with E-state index >= 15 is 0 Å². The zero-order valence-electron chi connectivity index (χ0n) is 12.8. The van der Waals surface area contributed by atoms with Gasteiger partial charge in [0.1, 0.15) is 5.75 Å². The lowest BCUT2D eigenvalue weighted by atomic mass is 10.0. The summed E-state index contributed by atoms with van der Waals surface area (Å²) in [6, 6.07) is 6.50. The summed E-state index contributed by atoms with van der Waals surface area (Å²) in [5.41, 5.74) is 2.42. The van der Waals surface area contributed by atoms with E-state index in [2.05, 4.69) is 44.9 Å². The van der Waals surface area contributed by atoms with Crippen molar-refractivity contribution < 1.29 is 9.84 Å². The Morgan fingerprint density at radius 2 is 2.00 bits per heavy atom. The smallest absolute Gasteiger partial charge is 0.122 e. The van der Waals surface area contributed by atoms with Gasteiger partial charge in [0.15, 0.2) is 0 Å². The number of likely N-dealkylation sites (N-methyl/N-ethyl adjacent to an activating group) is 1. The topological polar surface area (TPSA) is 32.7 Å². The molecule has 1 rings (SSSR count). The van der Waals surface area contributed by atoms with Crippen LogP contribution in [0, 0.1) is 12.8 Å². The van der Waals surface area contributed by atoms with Crippen LogP contribution in [0.5, 0.6) is 5.75 Å². The van der Waals surface area contributed by atoms with Crippen LogP contribution >= 0.6 is 0 Å². The molecule has 0 fully saturated rings. The summed E-state index contributed by atoms with van der Waals surface area (Å²) >= 11 is 0. The molecular weight excluding hydrogens is 238 g/mol. The highest BCUT2D eigenvalue weighted by Gasteiger charge is 2.17. The van der Waals surface area contributed by atoms with Crippen molar-refractivity contribution in [2.45, 2.75) is 40.3 Å². The van der Waals surface area contributed by atoms with E-state index in [1.54, 1.807) is 0 Å². The van der Waals surface area contributed by atoms with Gasteiger partial charge in [0.2, 0.25) is 0 Å². The first-order valence-electron chi connectivity index (χ1n) is 7.03. The molecule has 0 aliphatic carbocycles. The van der Waals surface area contributed by atoms with Gasteiger partial charge in [-0.25, -0.2) is 0 Å². The van der Waals surface area contributed by atoms with Crippen LogP contribution in [0.1, 0.15) is 31.9 Å². The molecule has 3 nitrogen and oxygen atoms in total. The third-order valence-electron chi connectivity index (χ3n) is 3.49. The van der Waals surface area contributed by atoms with Crippen molar-refractivity contribution in [1.82, 2.24) is 4.90 Å². The van der Waals surface area contributed by atoms with Crippen molar-refractivity contribution in [1.29, 1.82) is 0 Å². The molecular formula is C16H27NO2. The van der Waals surface area contributed by atoms with Crippen LogP contribution in [-0.4, -0.2) is 36.3 Å². The Kier molecular flexibility index (Phi) is 6.32. The van der Waals surface area contributed by atoms with Gasteiger partial charge in [-0.1, -0.05) is 26.0 Å². The molecule has 0 aliphatic heterocycles. The molecule has 0 amide bonds. The van der Waals surface area contributed by atoms with Gasteiger partial charge in [-0.15, -0.1) is 0 Å². The summed E-state index contributed by atoms with van der Waals surface area (Å²) in [4.78, 5) is 2.21. The van der Waals surface area contributed by atoms with E-state index in [4.69, 9.17) is 4.74 Å². The van der Waals surface area contributed by atoms with Crippen molar-refractivity contribution in [3.63, 3.8) is 0 Å². The summed E-state index contributed by atoms with van der Waals surface area (Å²) in [5, 5.41) is 9.45. The summed E-state index contributed by atoms with van der Waals surface area (Å²) in [7, 11) is 2.06. The Balaban J connectivity index is 2.74. The van der Waals surface area contributed by atoms with E-state index in [1.165, 1.54) is 5.56 Å². The van der Waals surface area contributed by atoms with E-state index in [0.29, 0.717) is 12.5 Å². The number of hydrogen-bond acceptors (Lipinski definition) is 3. The maximum absolute atomic E-state index is 9.45. The number of nitrogens with zero attached hydrogens (tertiary/aromatic N) is 1. The Morgan fingerprint density at radius 3 is 2.47 bits per heavy atom. The Hall–Kier alpha value is -1.06. The molecule has 0 aromatic heterocycles. The van der Waals surface area contributed by atoms with Crippen molar-refractivity contribution >= 4 is 0 Å². The lowest BCUT2D eigenvalue weighted by Crippen LogP contribution is -2.38. The number of aryl methyl sites for hydroxylation is 1. The average molecular weight is 265 g/mol. The van der Waals surface area contributed by atoms with Crippen LogP contribution in [0.3, 0.4) is 0 Å². The average Bonchev–Trinajstić information content (AvgIpc) is 2.33. The van der Waals surface area contributed by atoms with E-state index in [-0.39, 0.29) is 12.6 Å². The molecule has 19 heavy (non-hydrogen) atoms. The van der Waals surface area contributed by atoms with Crippen LogP contribution in [0.2, 0.25) is 0 Å². The van der Waals surface area contributed by atoms with Crippen molar-refractivity contribution in [2.24, 2.45) is 5.92 Å². The standard InChI is InChI=1S/C16H27NO2/c1-6-19-16-8-7-14(9-13(16)4)10-17(5)15(11-18)12(2)3/h7-9,12,15,18H,6,10-11H2,1-5H3. The van der Waals surface area contributed by atoms with Gasteiger partial charge in [-0.05, 0) is 44.0 Å². The Morgan fingerprint density at radius 1 is 1.32 bits per heavy atom.